The van der Waals surface area contributed by atoms with Crippen molar-refractivity contribution >= 4 is 15.9 Å². The Balaban J connectivity index is 0.000000561. The van der Waals surface area contributed by atoms with Crippen molar-refractivity contribution in [2.75, 3.05) is 0 Å². The van der Waals surface area contributed by atoms with E-state index in [1.54, 1.807) is 12.1 Å². The van der Waals surface area contributed by atoms with Crippen LogP contribution in [-0.4, -0.2) is 0 Å². The van der Waals surface area contributed by atoms with Crippen molar-refractivity contribution in [1.29, 1.82) is 5.26 Å². The van der Waals surface area contributed by atoms with E-state index in [1.165, 1.54) is 12.1 Å². The van der Waals surface area contributed by atoms with Crippen LogP contribution in [0.3, 0.4) is 0 Å². The van der Waals surface area contributed by atoms with E-state index in [4.69, 9.17) is 5.26 Å². The molecule has 0 amide bonds. The molecule has 0 aromatic heterocycles. The molecule has 12 heavy (non-hydrogen) atoms. The van der Waals surface area contributed by atoms with Crippen LogP contribution in [0.2, 0.25) is 0 Å². The van der Waals surface area contributed by atoms with Gasteiger partial charge in [-0.3, -0.25) is 0 Å². The maximum absolute atomic E-state index is 12.6. The third-order valence-corrected chi connectivity index (χ3v) is 1.54. The van der Waals surface area contributed by atoms with Crippen molar-refractivity contribution in [3.63, 3.8) is 0 Å². The molecule has 0 saturated heterocycles. The Labute approximate surface area is 80.0 Å². The van der Waals surface area contributed by atoms with E-state index >= 15 is 0 Å². The maximum Gasteiger partial charge on any atom is 0.142 e. The number of rotatable bonds is 0. The molecule has 1 nitrogen and oxygen atoms in total. The van der Waals surface area contributed by atoms with Gasteiger partial charge in [-0.2, -0.15) is 5.26 Å². The highest BCUT2D eigenvalue weighted by Crippen LogP contribution is 2.13. The first-order valence-electron chi connectivity index (χ1n) is 3.59. The molecule has 0 radical (unpaired) electrons. The number of benzene rings is 1. The highest BCUT2D eigenvalue weighted by atomic mass is 79.9. The van der Waals surface area contributed by atoms with E-state index in [-0.39, 0.29) is 5.56 Å². The van der Waals surface area contributed by atoms with Gasteiger partial charge in [0.05, 0.1) is 5.56 Å². The summed E-state index contributed by atoms with van der Waals surface area (Å²) in [6.07, 6.45) is 0. The molecule has 0 fully saturated rings. The van der Waals surface area contributed by atoms with Crippen LogP contribution in [0.25, 0.3) is 0 Å². The van der Waals surface area contributed by atoms with Gasteiger partial charge in [0, 0.05) is 4.47 Å². The van der Waals surface area contributed by atoms with E-state index < -0.39 is 5.82 Å². The van der Waals surface area contributed by atoms with Gasteiger partial charge in [-0.15, -0.1) is 0 Å². The predicted molar refractivity (Wildman–Crippen MR) is 50.2 cm³/mol. The van der Waals surface area contributed by atoms with Gasteiger partial charge in [-0.25, -0.2) is 4.39 Å². The van der Waals surface area contributed by atoms with Gasteiger partial charge in [0.2, 0.25) is 0 Å². The second-order valence-corrected chi connectivity index (χ2v) is 2.65. The normalized spacial score (nSPS) is 7.92. The summed E-state index contributed by atoms with van der Waals surface area (Å²) < 4.78 is 13.2. The first-order chi connectivity index (χ1) is 5.74. The molecule has 0 unspecified atom stereocenters. The SMILES string of the molecule is CC.N#Cc1ccc(Br)cc1F. The largest absolute Gasteiger partial charge is 0.206 e. The van der Waals surface area contributed by atoms with Crippen LogP contribution in [0.15, 0.2) is 22.7 Å². The number of nitriles is 1. The van der Waals surface area contributed by atoms with Crippen LogP contribution in [-0.2, 0) is 0 Å². The van der Waals surface area contributed by atoms with Crippen molar-refractivity contribution < 1.29 is 4.39 Å². The Hall–Kier alpha value is -0.880. The quantitative estimate of drug-likeness (QED) is 0.669. The smallest absolute Gasteiger partial charge is 0.142 e. The van der Waals surface area contributed by atoms with Crippen LogP contribution < -0.4 is 0 Å². The predicted octanol–water partition coefficient (Wildman–Crippen LogP) is 3.49. The van der Waals surface area contributed by atoms with E-state index in [2.05, 4.69) is 15.9 Å². The first-order valence-corrected chi connectivity index (χ1v) is 4.38. The zero-order valence-corrected chi connectivity index (χ0v) is 8.52. The van der Waals surface area contributed by atoms with Gasteiger partial charge in [0.25, 0.3) is 0 Å². The highest BCUT2D eigenvalue weighted by Gasteiger charge is 1.98. The Kier molecular flexibility index (Phi) is 5.31. The molecule has 1 rings (SSSR count). The van der Waals surface area contributed by atoms with Crippen LogP contribution in [0, 0.1) is 17.1 Å². The molecule has 0 atom stereocenters. The van der Waals surface area contributed by atoms with Crippen LogP contribution >= 0.6 is 15.9 Å². The van der Waals surface area contributed by atoms with Gasteiger partial charge >= 0.3 is 0 Å². The summed E-state index contributed by atoms with van der Waals surface area (Å²) in [5.41, 5.74) is 0.0724. The monoisotopic (exact) mass is 229 g/mol. The minimum absolute atomic E-state index is 0.0724. The molecule has 64 valence electrons. The zero-order chi connectivity index (χ0) is 9.56. The molecule has 1 aromatic carbocycles. The van der Waals surface area contributed by atoms with Crippen molar-refractivity contribution in [2.24, 2.45) is 0 Å². The second kappa shape index (κ2) is 5.73. The molecular formula is C9H9BrFN. The zero-order valence-electron chi connectivity index (χ0n) is 6.94. The molecule has 0 spiro atoms. The molecule has 0 saturated carbocycles. The summed E-state index contributed by atoms with van der Waals surface area (Å²) in [6.45, 7) is 4.00. The van der Waals surface area contributed by atoms with Gasteiger partial charge in [-0.05, 0) is 18.2 Å². The fourth-order valence-corrected chi connectivity index (χ4v) is 0.913. The van der Waals surface area contributed by atoms with Gasteiger partial charge in [-0.1, -0.05) is 29.8 Å². The van der Waals surface area contributed by atoms with Crippen LogP contribution in [0.4, 0.5) is 4.39 Å². The third-order valence-electron chi connectivity index (χ3n) is 1.05. The average molecular weight is 230 g/mol. The molecule has 0 N–H and O–H groups in total. The second-order valence-electron chi connectivity index (χ2n) is 1.74. The number of halogens is 2. The van der Waals surface area contributed by atoms with Gasteiger partial charge in [0.1, 0.15) is 11.9 Å². The molecule has 3 heteroatoms. The summed E-state index contributed by atoms with van der Waals surface area (Å²) in [7, 11) is 0. The highest BCUT2D eigenvalue weighted by molar-refractivity contribution is 9.10. The summed E-state index contributed by atoms with van der Waals surface area (Å²) in [5, 5.41) is 8.30. The summed E-state index contributed by atoms with van der Waals surface area (Å²) in [5.74, 6) is -0.489. The minimum atomic E-state index is -0.489. The molecular weight excluding hydrogens is 221 g/mol. The molecule has 0 aliphatic heterocycles. The molecule has 0 aliphatic carbocycles. The van der Waals surface area contributed by atoms with Crippen molar-refractivity contribution in [3.05, 3.63) is 34.1 Å². The third kappa shape index (κ3) is 3.02. The van der Waals surface area contributed by atoms with Crippen LogP contribution in [0.1, 0.15) is 19.4 Å². The number of hydrogen-bond donors (Lipinski definition) is 0. The van der Waals surface area contributed by atoms with Crippen molar-refractivity contribution in [1.82, 2.24) is 0 Å². The lowest BCUT2D eigenvalue weighted by Gasteiger charge is -1.91. The topological polar surface area (TPSA) is 23.8 Å². The Morgan fingerprint density at radius 1 is 1.42 bits per heavy atom. The molecule has 0 bridgehead atoms. The fraction of sp³-hybridized carbons (Fsp3) is 0.222. The lowest BCUT2D eigenvalue weighted by atomic mass is 10.2. The Morgan fingerprint density at radius 2 is 2.00 bits per heavy atom. The fourth-order valence-electron chi connectivity index (χ4n) is 0.580. The van der Waals surface area contributed by atoms with E-state index in [0.717, 1.165) is 0 Å². The lowest BCUT2D eigenvalue weighted by molar-refractivity contribution is 0.623. The first kappa shape index (κ1) is 11.1. The molecule has 0 heterocycles. The summed E-state index contributed by atoms with van der Waals surface area (Å²) in [6, 6.07) is 6.05. The van der Waals surface area contributed by atoms with Crippen molar-refractivity contribution in [3.8, 4) is 6.07 Å². The summed E-state index contributed by atoms with van der Waals surface area (Å²) in [4.78, 5) is 0. The Bertz CT molecular complexity index is 291. The van der Waals surface area contributed by atoms with Crippen LogP contribution in [0.5, 0.6) is 0 Å². The average Bonchev–Trinajstić information content (AvgIpc) is 2.08. The minimum Gasteiger partial charge on any atom is -0.206 e. The molecule has 1 aromatic rings. The van der Waals surface area contributed by atoms with Gasteiger partial charge in [0.15, 0.2) is 0 Å². The van der Waals surface area contributed by atoms with Crippen molar-refractivity contribution in [2.45, 2.75) is 13.8 Å². The van der Waals surface area contributed by atoms with E-state index in [1.807, 2.05) is 13.8 Å². The number of hydrogen-bond acceptors (Lipinski definition) is 1. The standard InChI is InChI=1S/C7H3BrFN.C2H6/c8-6-2-1-5(4-10)7(9)3-6;1-2/h1-3H;1-2H3. The number of nitrogens with zero attached hydrogens (tertiary/aromatic N) is 1. The van der Waals surface area contributed by atoms with Gasteiger partial charge < -0.3 is 0 Å². The lowest BCUT2D eigenvalue weighted by Crippen LogP contribution is -1.80. The van der Waals surface area contributed by atoms with E-state index in [9.17, 15) is 4.39 Å². The maximum atomic E-state index is 12.6. The van der Waals surface area contributed by atoms with E-state index in [0.29, 0.717) is 4.47 Å². The Morgan fingerprint density at radius 3 is 2.42 bits per heavy atom. The molecule has 0 aliphatic rings. The summed E-state index contributed by atoms with van der Waals surface area (Å²) >= 11 is 3.08.